The Balaban J connectivity index is 1.24. The molecule has 0 spiro atoms. The number of anilines is 1. The van der Waals surface area contributed by atoms with Gasteiger partial charge in [-0.3, -0.25) is 0 Å². The first-order valence-corrected chi connectivity index (χ1v) is 13.6. The average Bonchev–Trinajstić information content (AvgIpc) is 3.51. The Morgan fingerprint density at radius 1 is 1.15 bits per heavy atom. The third-order valence-corrected chi connectivity index (χ3v) is 8.46. The number of pyridine rings is 1. The maximum atomic E-state index is 13.5. The highest BCUT2D eigenvalue weighted by Gasteiger charge is 2.46. The van der Waals surface area contributed by atoms with Gasteiger partial charge >= 0.3 is 6.03 Å². The summed E-state index contributed by atoms with van der Waals surface area (Å²) in [6.07, 6.45) is 9.56. The lowest BCUT2D eigenvalue weighted by Crippen LogP contribution is -2.36. The van der Waals surface area contributed by atoms with Gasteiger partial charge in [-0.1, -0.05) is 42.8 Å². The Bertz CT molecular complexity index is 1550. The summed E-state index contributed by atoms with van der Waals surface area (Å²) in [6.45, 7) is 2.34. The van der Waals surface area contributed by atoms with E-state index in [1.54, 1.807) is 30.5 Å². The van der Waals surface area contributed by atoms with E-state index in [0.717, 1.165) is 42.6 Å². The van der Waals surface area contributed by atoms with Crippen LogP contribution in [0.25, 0.3) is 11.8 Å². The van der Waals surface area contributed by atoms with Crippen LogP contribution in [0.1, 0.15) is 49.0 Å². The number of benzene rings is 2. The van der Waals surface area contributed by atoms with E-state index in [4.69, 9.17) is 4.74 Å². The monoisotopic (exact) mass is 537 g/mol. The molecule has 7 nitrogen and oxygen atoms in total. The van der Waals surface area contributed by atoms with Gasteiger partial charge < -0.3 is 15.4 Å². The van der Waals surface area contributed by atoms with Crippen molar-refractivity contribution in [3.8, 4) is 11.6 Å². The molecular formula is C32H32FN5O2. The third kappa shape index (κ3) is 4.85. The number of hydrogen-bond donors (Lipinski definition) is 2. The predicted octanol–water partition coefficient (Wildman–Crippen LogP) is 6.72. The molecule has 8 heteroatoms. The Morgan fingerprint density at radius 2 is 1.95 bits per heavy atom. The van der Waals surface area contributed by atoms with E-state index in [1.165, 1.54) is 30.4 Å². The molecule has 1 saturated carbocycles. The van der Waals surface area contributed by atoms with Crippen LogP contribution in [0.3, 0.4) is 0 Å². The quantitative estimate of drug-likeness (QED) is 0.274. The van der Waals surface area contributed by atoms with Crippen LogP contribution < -0.4 is 15.4 Å². The maximum Gasteiger partial charge on any atom is 0.319 e. The van der Waals surface area contributed by atoms with Crippen LogP contribution in [0, 0.1) is 17.2 Å². The van der Waals surface area contributed by atoms with E-state index in [9.17, 15) is 9.18 Å². The van der Waals surface area contributed by atoms with Crippen LogP contribution in [0.4, 0.5) is 14.9 Å². The van der Waals surface area contributed by atoms with Gasteiger partial charge in [0.1, 0.15) is 11.5 Å². The van der Waals surface area contributed by atoms with Crippen molar-refractivity contribution in [2.45, 2.75) is 38.6 Å². The molecule has 4 aromatic rings. The first-order chi connectivity index (χ1) is 19.4. The second kappa shape index (κ2) is 10.6. The van der Waals surface area contributed by atoms with Gasteiger partial charge in [0.2, 0.25) is 5.88 Å². The van der Waals surface area contributed by atoms with Gasteiger partial charge in [0.15, 0.2) is 0 Å². The van der Waals surface area contributed by atoms with Gasteiger partial charge in [-0.25, -0.2) is 18.9 Å². The first-order valence-electron chi connectivity index (χ1n) is 13.6. The number of carbonyl (C=O) groups excluding carboxylic acids is 1. The molecule has 1 unspecified atom stereocenters. The minimum Gasteiger partial charge on any atom is -0.480 e. The number of carbonyl (C=O) groups is 1. The van der Waals surface area contributed by atoms with Crippen molar-refractivity contribution < 1.29 is 13.9 Å². The predicted molar refractivity (Wildman–Crippen MR) is 153 cm³/mol. The molecule has 2 N–H and O–H groups in total. The zero-order valence-electron chi connectivity index (χ0n) is 22.6. The van der Waals surface area contributed by atoms with E-state index >= 15 is 0 Å². The fourth-order valence-corrected chi connectivity index (χ4v) is 6.31. The molecule has 2 aliphatic rings. The molecule has 0 saturated heterocycles. The van der Waals surface area contributed by atoms with Crippen molar-refractivity contribution in [2.75, 3.05) is 12.4 Å². The number of fused-ring (bicyclic) bond motifs is 2. The molecule has 204 valence electrons. The summed E-state index contributed by atoms with van der Waals surface area (Å²) in [7, 11) is 1.53. The van der Waals surface area contributed by atoms with Crippen molar-refractivity contribution in [2.24, 2.45) is 11.3 Å². The highest BCUT2D eigenvalue weighted by Crippen LogP contribution is 2.55. The summed E-state index contributed by atoms with van der Waals surface area (Å²) < 4.78 is 20.7. The molecule has 2 aromatic carbocycles. The number of nitrogens with zero attached hydrogens (tertiary/aromatic N) is 3. The van der Waals surface area contributed by atoms with Crippen LogP contribution in [-0.2, 0) is 6.42 Å². The molecular weight excluding hydrogens is 505 g/mol. The molecule has 3 atom stereocenters. The van der Waals surface area contributed by atoms with Crippen LogP contribution in [0.2, 0.25) is 0 Å². The fraction of sp³-hybridized carbons (Fsp3) is 0.281. The number of nitrogens with one attached hydrogen (secondary N) is 2. The highest BCUT2D eigenvalue weighted by atomic mass is 19.1. The van der Waals surface area contributed by atoms with Crippen molar-refractivity contribution in [3.05, 3.63) is 107 Å². The standard InChI is InChI=1S/C32H32FN5O2/c1-32-19-22-20-35-38(26-14-12-25(33)13-15-26)29(22)18-24(32)11-10-23(32)17-28(21-7-4-3-5-8-21)37-31(39)36-27-9-6-16-34-30(27)40-2/h3-9,12-16,18,20,23,28H,10-11,17,19H2,1-2H3,(H2,36,37,39)/t23-,28?,32-/m1/s1. The summed E-state index contributed by atoms with van der Waals surface area (Å²) in [5.41, 5.74) is 6.06. The Morgan fingerprint density at radius 3 is 2.73 bits per heavy atom. The van der Waals surface area contributed by atoms with Crippen molar-refractivity contribution >= 4 is 17.8 Å². The Labute approximate surface area is 233 Å². The zero-order valence-corrected chi connectivity index (χ0v) is 22.6. The van der Waals surface area contributed by atoms with Crippen LogP contribution in [0.15, 0.2) is 84.7 Å². The molecule has 6 rings (SSSR count). The average molecular weight is 538 g/mol. The van der Waals surface area contributed by atoms with Gasteiger partial charge in [-0.2, -0.15) is 5.10 Å². The normalized spacial score (nSPS) is 20.2. The Hall–Kier alpha value is -4.46. The summed E-state index contributed by atoms with van der Waals surface area (Å²) in [5.74, 6) is 0.467. The van der Waals surface area contributed by atoms with E-state index in [1.807, 2.05) is 29.1 Å². The first kappa shape index (κ1) is 25.8. The number of urea groups is 1. The lowest BCUT2D eigenvalue weighted by atomic mass is 9.68. The Kier molecular flexibility index (Phi) is 6.84. The van der Waals surface area contributed by atoms with Gasteiger partial charge in [0.25, 0.3) is 0 Å². The van der Waals surface area contributed by atoms with Crippen LogP contribution >= 0.6 is 0 Å². The lowest BCUT2D eigenvalue weighted by Gasteiger charge is -2.37. The number of ether oxygens (including phenoxy) is 1. The molecule has 1 fully saturated rings. The van der Waals surface area contributed by atoms with Gasteiger partial charge in [0, 0.05) is 6.20 Å². The fourth-order valence-electron chi connectivity index (χ4n) is 6.31. The summed E-state index contributed by atoms with van der Waals surface area (Å²) >= 11 is 0. The topological polar surface area (TPSA) is 81.1 Å². The minimum atomic E-state index is -0.300. The van der Waals surface area contributed by atoms with Gasteiger partial charge in [0.05, 0.1) is 30.7 Å². The van der Waals surface area contributed by atoms with Crippen LogP contribution in [-0.4, -0.2) is 27.9 Å². The largest absolute Gasteiger partial charge is 0.480 e. The number of amides is 2. The smallest absolute Gasteiger partial charge is 0.319 e. The summed E-state index contributed by atoms with van der Waals surface area (Å²) in [4.78, 5) is 17.3. The second-order valence-corrected chi connectivity index (χ2v) is 10.8. The van der Waals surface area contributed by atoms with Gasteiger partial charge in [-0.05, 0) is 90.6 Å². The molecule has 2 aliphatic carbocycles. The molecule has 2 amide bonds. The van der Waals surface area contributed by atoms with E-state index in [-0.39, 0.29) is 23.3 Å². The van der Waals surface area contributed by atoms with Crippen molar-refractivity contribution in [1.29, 1.82) is 0 Å². The van der Waals surface area contributed by atoms with Gasteiger partial charge in [-0.15, -0.1) is 0 Å². The molecule has 2 aromatic heterocycles. The SMILES string of the molecule is COc1ncccc1NC(=O)NC(C[C@H]1CCC2=Cc3c(cnn3-c3ccc(F)cc3)C[C@@]21C)c1ccccc1. The van der Waals surface area contributed by atoms with Crippen LogP contribution in [0.5, 0.6) is 5.88 Å². The number of rotatable bonds is 7. The number of aromatic nitrogens is 3. The third-order valence-electron chi connectivity index (χ3n) is 8.46. The zero-order chi connectivity index (χ0) is 27.7. The lowest BCUT2D eigenvalue weighted by molar-refractivity contribution is 0.222. The highest BCUT2D eigenvalue weighted by molar-refractivity contribution is 5.90. The molecule has 0 radical (unpaired) electrons. The minimum absolute atomic E-state index is 0.0403. The number of allylic oxidation sites excluding steroid dienone is 1. The number of halogens is 1. The number of hydrogen-bond acceptors (Lipinski definition) is 4. The van der Waals surface area contributed by atoms with E-state index in [0.29, 0.717) is 17.5 Å². The number of methoxy groups -OCH3 is 1. The van der Waals surface area contributed by atoms with E-state index < -0.39 is 0 Å². The molecule has 0 aliphatic heterocycles. The molecule has 0 bridgehead atoms. The molecule has 2 heterocycles. The second-order valence-electron chi connectivity index (χ2n) is 10.8. The van der Waals surface area contributed by atoms with Crippen molar-refractivity contribution in [3.63, 3.8) is 0 Å². The summed E-state index contributed by atoms with van der Waals surface area (Å²) in [5, 5.41) is 10.8. The maximum absolute atomic E-state index is 13.5. The molecule has 40 heavy (non-hydrogen) atoms. The van der Waals surface area contributed by atoms with E-state index in [2.05, 4.69) is 45.8 Å². The van der Waals surface area contributed by atoms with Crippen molar-refractivity contribution in [1.82, 2.24) is 20.1 Å². The summed E-state index contributed by atoms with van der Waals surface area (Å²) in [6, 6.07) is 19.6.